The lowest BCUT2D eigenvalue weighted by Gasteiger charge is -2.17. The number of carbonyl (C=O) groups excluding carboxylic acids is 1. The Morgan fingerprint density at radius 3 is 2.56 bits per heavy atom. The molecule has 7 nitrogen and oxygen atoms in total. The number of benzene rings is 2. The zero-order valence-electron chi connectivity index (χ0n) is 14.3. The predicted octanol–water partition coefficient (Wildman–Crippen LogP) is 3.16. The van der Waals surface area contributed by atoms with Crippen LogP contribution in [-0.2, 0) is 11.3 Å². The van der Waals surface area contributed by atoms with E-state index in [-0.39, 0.29) is 12.2 Å². The number of esters is 1. The van der Waals surface area contributed by atoms with Crippen LogP contribution in [0.5, 0.6) is 0 Å². The van der Waals surface area contributed by atoms with Crippen molar-refractivity contribution in [2.24, 2.45) is 5.10 Å². The molecule has 0 N–H and O–H groups in total. The van der Waals surface area contributed by atoms with E-state index in [2.05, 4.69) is 5.10 Å². The molecule has 130 valence electrons. The number of carbonyl (C=O) groups is 1. The second-order valence-electron chi connectivity index (χ2n) is 5.46. The third-order valence-electron chi connectivity index (χ3n) is 3.76. The van der Waals surface area contributed by atoms with Crippen LogP contribution < -0.4 is 0 Å². The summed E-state index contributed by atoms with van der Waals surface area (Å²) in [6.07, 6.45) is 1.69. The number of methoxy groups -OCH3 is 1. The molecular formula is C18H19N3O4. The molecule has 0 radical (unpaired) electrons. The van der Waals surface area contributed by atoms with Gasteiger partial charge in [0.15, 0.2) is 0 Å². The molecule has 0 saturated heterocycles. The highest BCUT2D eigenvalue weighted by molar-refractivity contribution is 5.92. The van der Waals surface area contributed by atoms with E-state index in [0.717, 1.165) is 5.56 Å². The quantitative estimate of drug-likeness (QED) is 0.349. The molecule has 2 aromatic carbocycles. The second-order valence-corrected chi connectivity index (χ2v) is 5.46. The van der Waals surface area contributed by atoms with Crippen LogP contribution in [0.4, 0.5) is 5.69 Å². The lowest BCUT2D eigenvalue weighted by atomic mass is 10.00. The van der Waals surface area contributed by atoms with Gasteiger partial charge in [-0.1, -0.05) is 30.3 Å². The molecule has 0 aliphatic rings. The Morgan fingerprint density at radius 2 is 1.96 bits per heavy atom. The summed E-state index contributed by atoms with van der Waals surface area (Å²) in [4.78, 5) is 22.7. The fourth-order valence-electron chi connectivity index (χ4n) is 2.42. The summed E-state index contributed by atoms with van der Waals surface area (Å²) < 4.78 is 4.78. The first kappa shape index (κ1) is 18.1. The minimum atomic E-state index is -0.534. The number of ether oxygens (including phenoxy) is 1. The maximum Gasteiger partial charge on any atom is 0.338 e. The number of nitro benzene ring substituents is 1. The van der Waals surface area contributed by atoms with Crippen LogP contribution in [0.15, 0.2) is 47.6 Å². The largest absolute Gasteiger partial charge is 0.465 e. The molecule has 0 aliphatic carbocycles. The average Bonchev–Trinajstić information content (AvgIpc) is 2.61. The molecule has 0 unspecified atom stereocenters. The summed E-state index contributed by atoms with van der Waals surface area (Å²) in [5.74, 6) is -0.534. The van der Waals surface area contributed by atoms with Crippen LogP contribution in [0.25, 0.3) is 0 Å². The van der Waals surface area contributed by atoms with Gasteiger partial charge in [0, 0.05) is 18.7 Å². The van der Waals surface area contributed by atoms with Crippen molar-refractivity contribution in [1.29, 1.82) is 0 Å². The highest BCUT2D eigenvalue weighted by atomic mass is 16.6. The van der Waals surface area contributed by atoms with Gasteiger partial charge in [0.25, 0.3) is 5.69 Å². The summed E-state index contributed by atoms with van der Waals surface area (Å²) in [5.41, 5.74) is 2.14. The van der Waals surface area contributed by atoms with Gasteiger partial charge in [-0.15, -0.1) is 0 Å². The Hall–Kier alpha value is -3.22. The number of rotatable bonds is 6. The number of hydrazone groups is 1. The Balaban J connectivity index is 2.32. The van der Waals surface area contributed by atoms with Gasteiger partial charge in [0.05, 0.1) is 30.4 Å². The summed E-state index contributed by atoms with van der Waals surface area (Å²) >= 11 is 0. The Morgan fingerprint density at radius 1 is 1.28 bits per heavy atom. The van der Waals surface area contributed by atoms with E-state index < -0.39 is 10.9 Å². The van der Waals surface area contributed by atoms with Crippen molar-refractivity contribution >= 4 is 17.9 Å². The normalized spacial score (nSPS) is 10.7. The molecule has 0 fully saturated rings. The van der Waals surface area contributed by atoms with Gasteiger partial charge in [0.1, 0.15) is 0 Å². The number of hydrogen-bond donors (Lipinski definition) is 0. The summed E-state index contributed by atoms with van der Waals surface area (Å²) in [6, 6.07) is 12.3. The first-order valence-corrected chi connectivity index (χ1v) is 7.59. The molecule has 0 aromatic heterocycles. The average molecular weight is 341 g/mol. The first-order valence-electron chi connectivity index (χ1n) is 7.59. The van der Waals surface area contributed by atoms with E-state index >= 15 is 0 Å². The summed E-state index contributed by atoms with van der Waals surface area (Å²) in [6.45, 7) is 1.86. The fourth-order valence-corrected chi connectivity index (χ4v) is 2.42. The number of hydrogen-bond acceptors (Lipinski definition) is 6. The van der Waals surface area contributed by atoms with Crippen LogP contribution in [0.2, 0.25) is 0 Å². The van der Waals surface area contributed by atoms with E-state index in [1.165, 1.54) is 19.2 Å². The number of nitrogens with zero attached hydrogens (tertiary/aromatic N) is 3. The second kappa shape index (κ2) is 8.05. The van der Waals surface area contributed by atoms with Crippen molar-refractivity contribution < 1.29 is 14.5 Å². The molecule has 0 aliphatic heterocycles. The first-order chi connectivity index (χ1) is 11.9. The fraction of sp³-hybridized carbons (Fsp3) is 0.222. The van der Waals surface area contributed by atoms with E-state index in [9.17, 15) is 14.9 Å². The highest BCUT2D eigenvalue weighted by Crippen LogP contribution is 2.26. The maximum absolute atomic E-state index is 12.0. The van der Waals surface area contributed by atoms with Gasteiger partial charge in [-0.3, -0.25) is 15.1 Å². The highest BCUT2D eigenvalue weighted by Gasteiger charge is 2.22. The molecule has 2 aromatic rings. The lowest BCUT2D eigenvalue weighted by molar-refractivity contribution is -0.385. The summed E-state index contributed by atoms with van der Waals surface area (Å²) in [7, 11) is 3.01. The Bertz CT molecular complexity index is 803. The van der Waals surface area contributed by atoms with Gasteiger partial charge >= 0.3 is 5.97 Å². The third kappa shape index (κ3) is 4.41. The van der Waals surface area contributed by atoms with E-state index in [4.69, 9.17) is 4.74 Å². The molecule has 0 amide bonds. The molecule has 0 atom stereocenters. The van der Waals surface area contributed by atoms with Crippen LogP contribution in [0.3, 0.4) is 0 Å². The van der Waals surface area contributed by atoms with Crippen LogP contribution in [0, 0.1) is 17.0 Å². The number of nitro groups is 1. The van der Waals surface area contributed by atoms with Crippen molar-refractivity contribution in [1.82, 2.24) is 5.01 Å². The zero-order chi connectivity index (χ0) is 18.4. The van der Waals surface area contributed by atoms with Crippen LogP contribution in [0.1, 0.15) is 27.0 Å². The molecule has 0 bridgehead atoms. The molecule has 0 spiro atoms. The molecule has 0 heterocycles. The summed E-state index contributed by atoms with van der Waals surface area (Å²) in [5, 5.41) is 17.1. The van der Waals surface area contributed by atoms with Gasteiger partial charge < -0.3 is 4.74 Å². The topological polar surface area (TPSA) is 85.0 Å². The van der Waals surface area contributed by atoms with E-state index in [1.807, 2.05) is 30.3 Å². The van der Waals surface area contributed by atoms with Crippen LogP contribution >= 0.6 is 0 Å². The SMILES string of the molecule is COC(=O)c1ccc([N+](=O)[O-])c(C)c1CN(C)/N=C/c1ccccc1. The molecule has 25 heavy (non-hydrogen) atoms. The minimum absolute atomic E-state index is 0.0388. The Labute approximate surface area is 145 Å². The standard InChI is InChI=1S/C18H19N3O4/c1-13-16(12-20(2)19-11-14-7-5-4-6-8-14)15(18(22)25-3)9-10-17(13)21(23)24/h4-11H,12H2,1-3H3/b19-11+. The molecule has 7 heteroatoms. The van der Waals surface area contributed by atoms with E-state index in [0.29, 0.717) is 16.7 Å². The zero-order valence-corrected chi connectivity index (χ0v) is 14.3. The predicted molar refractivity (Wildman–Crippen MR) is 94.7 cm³/mol. The van der Waals surface area contributed by atoms with Crippen molar-refractivity contribution in [3.63, 3.8) is 0 Å². The van der Waals surface area contributed by atoms with Crippen molar-refractivity contribution in [3.8, 4) is 0 Å². The van der Waals surface area contributed by atoms with Crippen LogP contribution in [-0.4, -0.2) is 36.3 Å². The smallest absolute Gasteiger partial charge is 0.338 e. The van der Waals surface area contributed by atoms with Gasteiger partial charge in [-0.25, -0.2) is 4.79 Å². The maximum atomic E-state index is 12.0. The third-order valence-corrected chi connectivity index (χ3v) is 3.76. The lowest BCUT2D eigenvalue weighted by Crippen LogP contribution is -2.17. The molecule has 0 saturated carbocycles. The van der Waals surface area contributed by atoms with Gasteiger partial charge in [0.2, 0.25) is 0 Å². The molecule has 2 rings (SSSR count). The monoisotopic (exact) mass is 341 g/mol. The van der Waals surface area contributed by atoms with Crippen molar-refractivity contribution in [2.75, 3.05) is 14.2 Å². The van der Waals surface area contributed by atoms with Crippen molar-refractivity contribution in [3.05, 3.63) is 74.8 Å². The molecular weight excluding hydrogens is 322 g/mol. The van der Waals surface area contributed by atoms with Crippen molar-refractivity contribution in [2.45, 2.75) is 13.5 Å². The minimum Gasteiger partial charge on any atom is -0.465 e. The Kier molecular flexibility index (Phi) is 5.84. The van der Waals surface area contributed by atoms with Gasteiger partial charge in [-0.2, -0.15) is 5.10 Å². The van der Waals surface area contributed by atoms with E-state index in [1.54, 1.807) is 25.2 Å². The van der Waals surface area contributed by atoms with Gasteiger partial charge in [-0.05, 0) is 24.1 Å².